The Morgan fingerprint density at radius 3 is 2.72 bits per heavy atom. The summed E-state index contributed by atoms with van der Waals surface area (Å²) < 4.78 is 2.38. The summed E-state index contributed by atoms with van der Waals surface area (Å²) in [5.74, 6) is 0.812. The first-order valence-corrected chi connectivity index (χ1v) is 7.67. The molecule has 2 fully saturated rings. The monoisotopic (exact) mass is 247 g/mol. The molecule has 0 saturated heterocycles. The molecule has 2 aliphatic carbocycles. The van der Waals surface area contributed by atoms with E-state index in [1.165, 1.54) is 50.5 Å². The minimum absolute atomic E-state index is 0.695. The highest BCUT2D eigenvalue weighted by atomic mass is 15.3. The quantitative estimate of drug-likeness (QED) is 0.781. The second kappa shape index (κ2) is 5.43. The summed E-state index contributed by atoms with van der Waals surface area (Å²) in [6.45, 7) is 4.34. The van der Waals surface area contributed by atoms with E-state index in [4.69, 9.17) is 5.10 Å². The zero-order valence-electron chi connectivity index (χ0n) is 11.5. The molecule has 1 aromatic heterocycles. The van der Waals surface area contributed by atoms with E-state index in [0.717, 1.165) is 19.0 Å². The molecule has 3 heteroatoms. The van der Waals surface area contributed by atoms with Crippen molar-refractivity contribution in [3.8, 4) is 0 Å². The molecule has 3 nitrogen and oxygen atoms in total. The second-order valence-electron chi connectivity index (χ2n) is 5.89. The number of nitrogens with zero attached hydrogens (tertiary/aromatic N) is 2. The molecule has 0 atom stereocenters. The largest absolute Gasteiger partial charge is 0.313 e. The summed E-state index contributed by atoms with van der Waals surface area (Å²) >= 11 is 0. The van der Waals surface area contributed by atoms with E-state index in [2.05, 4.69) is 23.1 Å². The Morgan fingerprint density at radius 2 is 2.06 bits per heavy atom. The summed E-state index contributed by atoms with van der Waals surface area (Å²) in [5.41, 5.74) is 3.02. The van der Waals surface area contributed by atoms with Gasteiger partial charge >= 0.3 is 0 Å². The van der Waals surface area contributed by atoms with E-state index in [-0.39, 0.29) is 0 Å². The van der Waals surface area contributed by atoms with Crippen LogP contribution in [0.1, 0.15) is 75.1 Å². The zero-order chi connectivity index (χ0) is 12.4. The Balaban J connectivity index is 1.76. The van der Waals surface area contributed by atoms with Gasteiger partial charge in [0.2, 0.25) is 0 Å². The minimum Gasteiger partial charge on any atom is -0.313 e. The average Bonchev–Trinajstić information content (AvgIpc) is 2.93. The van der Waals surface area contributed by atoms with Crippen molar-refractivity contribution in [2.75, 3.05) is 6.54 Å². The highest BCUT2D eigenvalue weighted by Gasteiger charge is 2.32. The van der Waals surface area contributed by atoms with Crippen LogP contribution < -0.4 is 5.32 Å². The molecule has 0 aromatic carbocycles. The Morgan fingerprint density at radius 1 is 1.28 bits per heavy atom. The predicted molar refractivity (Wildman–Crippen MR) is 73.7 cm³/mol. The molecular formula is C15H25N3. The molecule has 0 spiro atoms. The second-order valence-corrected chi connectivity index (χ2v) is 5.89. The predicted octanol–water partition coefficient (Wildman–Crippen LogP) is 3.38. The van der Waals surface area contributed by atoms with Crippen LogP contribution >= 0.6 is 0 Å². The molecule has 0 aliphatic heterocycles. The SMILES string of the molecule is CCCNCc1cnn(C2CCCC2)c1C1CC1. The van der Waals surface area contributed by atoms with Gasteiger partial charge < -0.3 is 5.32 Å². The highest BCUT2D eigenvalue weighted by molar-refractivity contribution is 5.26. The molecule has 1 N–H and O–H groups in total. The molecule has 100 valence electrons. The molecule has 2 aliphatic rings. The van der Waals surface area contributed by atoms with Gasteiger partial charge in [0, 0.05) is 23.7 Å². The van der Waals surface area contributed by atoms with Crippen molar-refractivity contribution in [1.29, 1.82) is 0 Å². The molecule has 0 unspecified atom stereocenters. The number of hydrogen-bond donors (Lipinski definition) is 1. The van der Waals surface area contributed by atoms with Crippen LogP contribution in [0.3, 0.4) is 0 Å². The third-order valence-corrected chi connectivity index (χ3v) is 4.29. The fourth-order valence-electron chi connectivity index (χ4n) is 3.19. The van der Waals surface area contributed by atoms with Crippen molar-refractivity contribution in [3.05, 3.63) is 17.5 Å². The van der Waals surface area contributed by atoms with E-state index >= 15 is 0 Å². The third-order valence-electron chi connectivity index (χ3n) is 4.29. The fraction of sp³-hybridized carbons (Fsp3) is 0.800. The minimum atomic E-state index is 0.695. The third kappa shape index (κ3) is 2.46. The van der Waals surface area contributed by atoms with E-state index in [1.807, 2.05) is 0 Å². The van der Waals surface area contributed by atoms with E-state index in [1.54, 1.807) is 5.69 Å². The normalized spacial score (nSPS) is 20.7. The van der Waals surface area contributed by atoms with Crippen molar-refractivity contribution in [2.24, 2.45) is 0 Å². The zero-order valence-corrected chi connectivity index (χ0v) is 11.5. The molecule has 2 saturated carbocycles. The topological polar surface area (TPSA) is 29.9 Å². The van der Waals surface area contributed by atoms with Gasteiger partial charge in [-0.3, -0.25) is 4.68 Å². The van der Waals surface area contributed by atoms with Gasteiger partial charge in [-0.25, -0.2) is 0 Å². The maximum Gasteiger partial charge on any atom is 0.0537 e. The lowest BCUT2D eigenvalue weighted by Crippen LogP contribution is -2.16. The highest BCUT2D eigenvalue weighted by Crippen LogP contribution is 2.44. The van der Waals surface area contributed by atoms with Gasteiger partial charge in [0.05, 0.1) is 12.2 Å². The smallest absolute Gasteiger partial charge is 0.0537 e. The fourth-order valence-corrected chi connectivity index (χ4v) is 3.19. The van der Waals surface area contributed by atoms with Gasteiger partial charge in [-0.05, 0) is 38.6 Å². The van der Waals surface area contributed by atoms with Crippen molar-refractivity contribution in [3.63, 3.8) is 0 Å². The van der Waals surface area contributed by atoms with Crippen LogP contribution in [0.4, 0.5) is 0 Å². The molecule has 18 heavy (non-hydrogen) atoms. The maximum atomic E-state index is 4.71. The van der Waals surface area contributed by atoms with E-state index in [0.29, 0.717) is 6.04 Å². The Kier molecular flexibility index (Phi) is 3.69. The molecular weight excluding hydrogens is 222 g/mol. The van der Waals surface area contributed by atoms with Gasteiger partial charge in [-0.1, -0.05) is 19.8 Å². The summed E-state index contributed by atoms with van der Waals surface area (Å²) in [7, 11) is 0. The first-order valence-electron chi connectivity index (χ1n) is 7.67. The molecule has 3 rings (SSSR count). The van der Waals surface area contributed by atoms with E-state index in [9.17, 15) is 0 Å². The standard InChI is InChI=1S/C15H25N3/c1-2-9-16-10-13-11-17-18(14-5-3-4-6-14)15(13)12-7-8-12/h11-12,14,16H,2-10H2,1H3. The lowest BCUT2D eigenvalue weighted by molar-refractivity contribution is 0.449. The van der Waals surface area contributed by atoms with Crippen LogP contribution in [0.5, 0.6) is 0 Å². The van der Waals surface area contributed by atoms with Gasteiger partial charge in [-0.2, -0.15) is 5.10 Å². The summed E-state index contributed by atoms with van der Waals surface area (Å²) in [5, 5.41) is 8.24. The van der Waals surface area contributed by atoms with Gasteiger partial charge in [0.15, 0.2) is 0 Å². The van der Waals surface area contributed by atoms with Crippen molar-refractivity contribution in [1.82, 2.24) is 15.1 Å². The number of hydrogen-bond acceptors (Lipinski definition) is 2. The summed E-state index contributed by atoms with van der Waals surface area (Å²) in [6, 6.07) is 0.695. The maximum absolute atomic E-state index is 4.71. The van der Waals surface area contributed by atoms with Crippen molar-refractivity contribution in [2.45, 2.75) is 70.4 Å². The Labute approximate surface area is 110 Å². The average molecular weight is 247 g/mol. The van der Waals surface area contributed by atoms with Crippen LogP contribution in [-0.4, -0.2) is 16.3 Å². The van der Waals surface area contributed by atoms with Gasteiger partial charge in [-0.15, -0.1) is 0 Å². The number of nitrogens with one attached hydrogen (secondary N) is 1. The summed E-state index contributed by atoms with van der Waals surface area (Å²) in [4.78, 5) is 0. The van der Waals surface area contributed by atoms with Crippen LogP contribution in [0.2, 0.25) is 0 Å². The molecule has 1 heterocycles. The van der Waals surface area contributed by atoms with Crippen LogP contribution in [0.15, 0.2) is 6.20 Å². The first kappa shape index (κ1) is 12.2. The van der Waals surface area contributed by atoms with Crippen LogP contribution in [0.25, 0.3) is 0 Å². The number of aromatic nitrogens is 2. The Hall–Kier alpha value is -0.830. The van der Waals surface area contributed by atoms with E-state index < -0.39 is 0 Å². The van der Waals surface area contributed by atoms with Crippen molar-refractivity contribution < 1.29 is 0 Å². The lowest BCUT2D eigenvalue weighted by Gasteiger charge is -2.15. The van der Waals surface area contributed by atoms with Crippen LogP contribution in [-0.2, 0) is 6.54 Å². The summed E-state index contributed by atoms with van der Waals surface area (Å²) in [6.07, 6.45) is 11.5. The number of rotatable bonds is 6. The molecule has 0 bridgehead atoms. The van der Waals surface area contributed by atoms with Gasteiger partial charge in [0.1, 0.15) is 0 Å². The van der Waals surface area contributed by atoms with Gasteiger partial charge in [0.25, 0.3) is 0 Å². The lowest BCUT2D eigenvalue weighted by atomic mass is 10.1. The Bertz CT molecular complexity index is 386. The van der Waals surface area contributed by atoms with Crippen molar-refractivity contribution >= 4 is 0 Å². The van der Waals surface area contributed by atoms with Crippen LogP contribution in [0, 0.1) is 0 Å². The molecule has 0 radical (unpaired) electrons. The first-order chi connectivity index (χ1) is 8.90. The molecule has 0 amide bonds. The molecule has 1 aromatic rings.